The van der Waals surface area contributed by atoms with Crippen LogP contribution in [0.2, 0.25) is 0 Å². The first-order valence-corrected chi connectivity index (χ1v) is 13.6. The first-order valence-electron chi connectivity index (χ1n) is 11.7. The third-order valence-corrected chi connectivity index (χ3v) is 8.89. The number of hydrogen-bond acceptors (Lipinski definition) is 7. The molecule has 4 heterocycles. The zero-order chi connectivity index (χ0) is 23.2. The summed E-state index contributed by atoms with van der Waals surface area (Å²) in [7, 11) is -3.22. The average Bonchev–Trinajstić information content (AvgIpc) is 3.37. The third-order valence-electron chi connectivity index (χ3n) is 7.79. The number of likely N-dealkylation sites (tertiary alicyclic amines) is 1. The summed E-state index contributed by atoms with van der Waals surface area (Å²) in [5.74, 6) is 0.663. The standard InChI is InChI=1S/C25H31N3O4S/c1-18-19(3-5-21-22(18)16-32-24(21)29)7-11-27-12-8-25(17-27)9-13-28(14-10-25)23-6-4-20(15-26-23)33(2,30)31/h3-6,15H,7-14,16-17H2,1-2H3. The van der Waals surface area contributed by atoms with Gasteiger partial charge in [0, 0.05) is 44.2 Å². The highest BCUT2D eigenvalue weighted by atomic mass is 32.2. The van der Waals surface area contributed by atoms with E-state index in [0.29, 0.717) is 12.0 Å². The van der Waals surface area contributed by atoms with Crippen LogP contribution < -0.4 is 4.90 Å². The fraction of sp³-hybridized carbons (Fsp3) is 0.520. The van der Waals surface area contributed by atoms with Crippen LogP contribution in [0.1, 0.15) is 46.3 Å². The van der Waals surface area contributed by atoms with Gasteiger partial charge in [0.05, 0.1) is 10.5 Å². The lowest BCUT2D eigenvalue weighted by Crippen LogP contribution is -2.42. The van der Waals surface area contributed by atoms with Crippen molar-refractivity contribution >= 4 is 21.6 Å². The number of esters is 1. The van der Waals surface area contributed by atoms with Gasteiger partial charge in [-0.2, -0.15) is 0 Å². The number of cyclic esters (lactones) is 1. The largest absolute Gasteiger partial charge is 0.457 e. The molecule has 0 bridgehead atoms. The van der Waals surface area contributed by atoms with Crippen LogP contribution in [0.25, 0.3) is 0 Å². The molecule has 3 aliphatic rings. The Bertz CT molecular complexity index is 1170. The molecule has 0 aliphatic carbocycles. The third kappa shape index (κ3) is 4.38. The van der Waals surface area contributed by atoms with Crippen molar-refractivity contribution < 1.29 is 17.9 Å². The van der Waals surface area contributed by atoms with Gasteiger partial charge in [-0.25, -0.2) is 18.2 Å². The van der Waals surface area contributed by atoms with Crippen LogP contribution in [0.5, 0.6) is 0 Å². The van der Waals surface area contributed by atoms with Crippen LogP contribution in [0, 0.1) is 12.3 Å². The maximum atomic E-state index is 11.8. The fourth-order valence-corrected chi connectivity index (χ4v) is 6.12. The van der Waals surface area contributed by atoms with E-state index in [1.165, 1.54) is 30.0 Å². The summed E-state index contributed by atoms with van der Waals surface area (Å²) >= 11 is 0. The second-order valence-electron chi connectivity index (χ2n) is 9.84. The Morgan fingerprint density at radius 1 is 1.09 bits per heavy atom. The molecule has 176 valence electrons. The second kappa shape index (κ2) is 8.40. The molecule has 1 spiro atoms. The number of sulfone groups is 1. The lowest BCUT2D eigenvalue weighted by atomic mass is 9.78. The number of pyridine rings is 1. The van der Waals surface area contributed by atoms with Crippen molar-refractivity contribution in [1.82, 2.24) is 9.88 Å². The minimum atomic E-state index is -3.22. The number of carbonyl (C=O) groups is 1. The highest BCUT2D eigenvalue weighted by Gasteiger charge is 2.40. The summed E-state index contributed by atoms with van der Waals surface area (Å²) in [6.07, 6.45) is 7.17. The Hall–Kier alpha value is -2.45. The molecule has 0 atom stereocenters. The highest BCUT2D eigenvalue weighted by Crippen LogP contribution is 2.41. The topological polar surface area (TPSA) is 79.8 Å². The van der Waals surface area contributed by atoms with Crippen molar-refractivity contribution in [3.8, 4) is 0 Å². The lowest BCUT2D eigenvalue weighted by molar-refractivity contribution is 0.0535. The predicted octanol–water partition coefficient (Wildman–Crippen LogP) is 3.00. The van der Waals surface area contributed by atoms with Gasteiger partial charge in [-0.05, 0) is 73.9 Å². The maximum absolute atomic E-state index is 11.8. The molecule has 2 saturated heterocycles. The number of rotatable bonds is 5. The van der Waals surface area contributed by atoms with E-state index in [0.717, 1.165) is 68.9 Å². The molecular formula is C25H31N3O4S. The average molecular weight is 470 g/mol. The zero-order valence-electron chi connectivity index (χ0n) is 19.3. The molecule has 2 fully saturated rings. The number of benzene rings is 1. The molecule has 0 unspecified atom stereocenters. The quantitative estimate of drug-likeness (QED) is 0.623. The maximum Gasteiger partial charge on any atom is 0.338 e. The van der Waals surface area contributed by atoms with Gasteiger partial charge in [-0.3, -0.25) is 0 Å². The molecule has 2 aromatic rings. The molecule has 3 aliphatic heterocycles. The molecule has 0 amide bonds. The summed E-state index contributed by atoms with van der Waals surface area (Å²) in [6, 6.07) is 7.49. The molecule has 5 rings (SSSR count). The second-order valence-corrected chi connectivity index (χ2v) is 11.9. The fourth-order valence-electron chi connectivity index (χ4n) is 5.56. The molecular weight excluding hydrogens is 438 g/mol. The van der Waals surface area contributed by atoms with Gasteiger partial charge in [0.15, 0.2) is 9.84 Å². The lowest BCUT2D eigenvalue weighted by Gasteiger charge is -2.40. The number of piperidine rings is 1. The number of hydrogen-bond donors (Lipinski definition) is 0. The minimum absolute atomic E-state index is 0.200. The normalized spacial score (nSPS) is 20.3. The Morgan fingerprint density at radius 3 is 2.55 bits per heavy atom. The Morgan fingerprint density at radius 2 is 1.85 bits per heavy atom. The van der Waals surface area contributed by atoms with Gasteiger partial charge < -0.3 is 14.5 Å². The Labute approximate surface area is 195 Å². The molecule has 8 heteroatoms. The van der Waals surface area contributed by atoms with Crippen molar-refractivity contribution in [3.63, 3.8) is 0 Å². The minimum Gasteiger partial charge on any atom is -0.457 e. The van der Waals surface area contributed by atoms with E-state index >= 15 is 0 Å². The highest BCUT2D eigenvalue weighted by molar-refractivity contribution is 7.90. The van der Waals surface area contributed by atoms with E-state index < -0.39 is 9.84 Å². The van der Waals surface area contributed by atoms with Crippen molar-refractivity contribution in [1.29, 1.82) is 0 Å². The van der Waals surface area contributed by atoms with Crippen LogP contribution in [-0.4, -0.2) is 63.3 Å². The summed E-state index contributed by atoms with van der Waals surface area (Å²) in [5.41, 5.74) is 4.67. The number of nitrogens with zero attached hydrogens (tertiary/aromatic N) is 3. The van der Waals surface area contributed by atoms with Gasteiger partial charge in [0.2, 0.25) is 0 Å². The number of ether oxygens (including phenoxy) is 1. The predicted molar refractivity (Wildman–Crippen MR) is 126 cm³/mol. The molecule has 0 N–H and O–H groups in total. The van der Waals surface area contributed by atoms with Gasteiger partial charge >= 0.3 is 5.97 Å². The summed E-state index contributed by atoms with van der Waals surface area (Å²) in [4.78, 5) is 21.3. The molecule has 1 aromatic heterocycles. The van der Waals surface area contributed by atoms with Crippen molar-refractivity contribution in [2.24, 2.45) is 5.41 Å². The molecule has 1 aromatic carbocycles. The van der Waals surface area contributed by atoms with Crippen molar-refractivity contribution in [2.75, 3.05) is 43.9 Å². The molecule has 33 heavy (non-hydrogen) atoms. The smallest absolute Gasteiger partial charge is 0.338 e. The van der Waals surface area contributed by atoms with Gasteiger partial charge in [0.25, 0.3) is 0 Å². The zero-order valence-corrected chi connectivity index (χ0v) is 20.2. The number of anilines is 1. The van der Waals surface area contributed by atoms with Crippen molar-refractivity contribution in [2.45, 2.75) is 44.1 Å². The van der Waals surface area contributed by atoms with E-state index in [1.807, 2.05) is 12.1 Å². The number of carbonyl (C=O) groups excluding carboxylic acids is 1. The van der Waals surface area contributed by atoms with Crippen LogP contribution in [-0.2, 0) is 27.6 Å². The summed E-state index contributed by atoms with van der Waals surface area (Å²) < 4.78 is 28.5. The van der Waals surface area contributed by atoms with Crippen LogP contribution in [0.15, 0.2) is 35.4 Å². The van der Waals surface area contributed by atoms with Gasteiger partial charge in [-0.1, -0.05) is 6.07 Å². The van der Waals surface area contributed by atoms with Crippen LogP contribution in [0.3, 0.4) is 0 Å². The first kappa shape index (κ1) is 22.3. The van der Waals surface area contributed by atoms with Crippen molar-refractivity contribution in [3.05, 3.63) is 52.7 Å². The number of fused-ring (bicyclic) bond motifs is 1. The molecule has 7 nitrogen and oxygen atoms in total. The SMILES string of the molecule is Cc1c(CCN2CCC3(CCN(c4ccc(S(C)(=O)=O)cn4)CC3)C2)ccc2c1COC2=O. The first-order chi connectivity index (χ1) is 15.7. The Kier molecular flexibility index (Phi) is 5.69. The number of aromatic nitrogens is 1. The van der Waals surface area contributed by atoms with E-state index in [9.17, 15) is 13.2 Å². The summed E-state index contributed by atoms with van der Waals surface area (Å²) in [6.45, 7) is 7.72. The monoisotopic (exact) mass is 469 g/mol. The molecule has 0 saturated carbocycles. The van der Waals surface area contributed by atoms with Crippen LogP contribution in [0.4, 0.5) is 5.82 Å². The Balaban J connectivity index is 1.16. The summed E-state index contributed by atoms with van der Waals surface area (Å²) in [5, 5.41) is 0. The van der Waals surface area contributed by atoms with E-state index in [4.69, 9.17) is 4.74 Å². The van der Waals surface area contributed by atoms with Gasteiger partial charge in [-0.15, -0.1) is 0 Å². The van der Waals surface area contributed by atoms with E-state index in [1.54, 1.807) is 6.07 Å². The van der Waals surface area contributed by atoms with E-state index in [2.05, 4.69) is 27.8 Å². The van der Waals surface area contributed by atoms with Gasteiger partial charge in [0.1, 0.15) is 12.4 Å². The molecule has 0 radical (unpaired) electrons. The van der Waals surface area contributed by atoms with E-state index in [-0.39, 0.29) is 10.9 Å². The van der Waals surface area contributed by atoms with Crippen LogP contribution >= 0.6 is 0 Å².